The largest absolute Gasteiger partial charge is 0.372 e. The van der Waals surface area contributed by atoms with Gasteiger partial charge < -0.3 is 4.74 Å². The molecular formula is C7H12O. The van der Waals surface area contributed by atoms with Gasteiger partial charge in [-0.1, -0.05) is 12.8 Å². The summed E-state index contributed by atoms with van der Waals surface area (Å²) in [6.07, 6.45) is 2.13. The molecule has 0 fully saturated rings. The van der Waals surface area contributed by atoms with E-state index in [-0.39, 0.29) is 0 Å². The standard InChI is InChI=1S/C7H12O/c1-3-4-5-6-7-8-2/h3-4,7H2,1-2H3. The normalized spacial score (nSPS) is 7.75. The Kier molecular flexibility index (Phi) is 6.13. The van der Waals surface area contributed by atoms with Crippen LogP contribution in [0.4, 0.5) is 0 Å². The molecule has 0 saturated carbocycles. The molecule has 0 aliphatic carbocycles. The van der Waals surface area contributed by atoms with Crippen molar-refractivity contribution in [2.45, 2.75) is 19.8 Å². The lowest BCUT2D eigenvalue weighted by Crippen LogP contribution is -1.80. The van der Waals surface area contributed by atoms with Crippen LogP contribution < -0.4 is 0 Å². The molecule has 0 aromatic carbocycles. The summed E-state index contributed by atoms with van der Waals surface area (Å²) in [4.78, 5) is 0. The van der Waals surface area contributed by atoms with Crippen molar-refractivity contribution < 1.29 is 4.74 Å². The molecule has 0 aromatic rings. The molecule has 1 heteroatoms. The highest BCUT2D eigenvalue weighted by molar-refractivity contribution is 4.98. The molecule has 46 valence electrons. The molecule has 0 aliphatic rings. The average molecular weight is 112 g/mol. The van der Waals surface area contributed by atoms with Crippen LogP contribution in [0, 0.1) is 11.8 Å². The van der Waals surface area contributed by atoms with Crippen molar-refractivity contribution in [1.82, 2.24) is 0 Å². The van der Waals surface area contributed by atoms with Gasteiger partial charge in [0.1, 0.15) is 6.61 Å². The fourth-order valence-corrected chi connectivity index (χ4v) is 0.337. The number of rotatable bonds is 2. The predicted molar refractivity (Wildman–Crippen MR) is 34.6 cm³/mol. The van der Waals surface area contributed by atoms with Gasteiger partial charge >= 0.3 is 0 Å². The van der Waals surface area contributed by atoms with Gasteiger partial charge in [0.05, 0.1) is 0 Å². The maximum absolute atomic E-state index is 4.71. The first-order valence-corrected chi connectivity index (χ1v) is 2.86. The van der Waals surface area contributed by atoms with Gasteiger partial charge in [-0.2, -0.15) is 0 Å². The van der Waals surface area contributed by atoms with Gasteiger partial charge in [0.15, 0.2) is 0 Å². The molecule has 1 nitrogen and oxygen atoms in total. The topological polar surface area (TPSA) is 9.23 Å². The fraction of sp³-hybridized carbons (Fsp3) is 0.714. The SMILES string of the molecule is CCCC#CCOC. The summed E-state index contributed by atoms with van der Waals surface area (Å²) in [5, 5.41) is 0. The summed E-state index contributed by atoms with van der Waals surface area (Å²) in [7, 11) is 1.65. The lowest BCUT2D eigenvalue weighted by molar-refractivity contribution is 0.239. The summed E-state index contributed by atoms with van der Waals surface area (Å²) in [5.41, 5.74) is 0. The van der Waals surface area contributed by atoms with Gasteiger partial charge in [0.25, 0.3) is 0 Å². The van der Waals surface area contributed by atoms with Crippen LogP contribution in [-0.4, -0.2) is 13.7 Å². The first kappa shape index (κ1) is 7.52. The van der Waals surface area contributed by atoms with Crippen molar-refractivity contribution in [2.24, 2.45) is 0 Å². The number of hydrogen-bond acceptors (Lipinski definition) is 1. The van der Waals surface area contributed by atoms with Crippen LogP contribution >= 0.6 is 0 Å². The molecule has 0 amide bonds. The minimum absolute atomic E-state index is 0.569. The van der Waals surface area contributed by atoms with Gasteiger partial charge in [0, 0.05) is 13.5 Å². The Bertz CT molecular complexity index is 76.3. The van der Waals surface area contributed by atoms with Gasteiger partial charge in [-0.25, -0.2) is 0 Å². The van der Waals surface area contributed by atoms with E-state index < -0.39 is 0 Å². The van der Waals surface area contributed by atoms with E-state index in [0.29, 0.717) is 6.61 Å². The molecule has 0 radical (unpaired) electrons. The van der Waals surface area contributed by atoms with Crippen LogP contribution in [0.2, 0.25) is 0 Å². The second-order valence-corrected chi connectivity index (χ2v) is 1.54. The Morgan fingerprint density at radius 2 is 2.12 bits per heavy atom. The summed E-state index contributed by atoms with van der Waals surface area (Å²) < 4.78 is 4.71. The quantitative estimate of drug-likeness (QED) is 0.491. The molecule has 0 saturated heterocycles. The van der Waals surface area contributed by atoms with Crippen LogP contribution in [0.15, 0.2) is 0 Å². The number of hydrogen-bond donors (Lipinski definition) is 0. The van der Waals surface area contributed by atoms with Gasteiger partial charge in [0.2, 0.25) is 0 Å². The van der Waals surface area contributed by atoms with Crippen LogP contribution in [0.5, 0.6) is 0 Å². The summed E-state index contributed by atoms with van der Waals surface area (Å²) >= 11 is 0. The van der Waals surface area contributed by atoms with E-state index in [2.05, 4.69) is 18.8 Å². The minimum Gasteiger partial charge on any atom is -0.372 e. The Labute approximate surface area is 51.0 Å². The molecule has 8 heavy (non-hydrogen) atoms. The summed E-state index contributed by atoms with van der Waals surface area (Å²) in [6.45, 7) is 2.68. The van der Waals surface area contributed by atoms with E-state index >= 15 is 0 Å². The Hall–Kier alpha value is -0.480. The predicted octanol–water partition coefficient (Wildman–Crippen LogP) is 1.44. The second kappa shape index (κ2) is 6.52. The van der Waals surface area contributed by atoms with E-state index in [1.54, 1.807) is 7.11 Å². The zero-order valence-electron chi connectivity index (χ0n) is 5.53. The Morgan fingerprint density at radius 1 is 1.38 bits per heavy atom. The molecule has 0 N–H and O–H groups in total. The van der Waals surface area contributed by atoms with Crippen LogP contribution in [0.1, 0.15) is 19.8 Å². The molecule has 0 aliphatic heterocycles. The summed E-state index contributed by atoms with van der Waals surface area (Å²) in [6, 6.07) is 0. The van der Waals surface area contributed by atoms with Gasteiger partial charge in [-0.15, -0.1) is 5.92 Å². The molecule has 0 atom stereocenters. The highest BCUT2D eigenvalue weighted by atomic mass is 16.5. The number of ether oxygens (including phenoxy) is 1. The van der Waals surface area contributed by atoms with Crippen LogP contribution in [0.3, 0.4) is 0 Å². The lowest BCUT2D eigenvalue weighted by Gasteiger charge is -1.81. The summed E-state index contributed by atoms with van der Waals surface area (Å²) in [5.74, 6) is 5.82. The lowest BCUT2D eigenvalue weighted by atomic mass is 10.3. The van der Waals surface area contributed by atoms with E-state index in [1.807, 2.05) is 0 Å². The van der Waals surface area contributed by atoms with Crippen molar-refractivity contribution >= 4 is 0 Å². The zero-order chi connectivity index (χ0) is 6.24. The molecular weight excluding hydrogens is 100 g/mol. The van der Waals surface area contributed by atoms with E-state index in [4.69, 9.17) is 4.74 Å². The van der Waals surface area contributed by atoms with E-state index in [9.17, 15) is 0 Å². The minimum atomic E-state index is 0.569. The zero-order valence-corrected chi connectivity index (χ0v) is 5.53. The highest BCUT2D eigenvalue weighted by Gasteiger charge is 1.68. The maximum Gasteiger partial charge on any atom is 0.107 e. The number of methoxy groups -OCH3 is 1. The maximum atomic E-state index is 4.71. The van der Waals surface area contributed by atoms with Gasteiger partial charge in [-0.3, -0.25) is 0 Å². The first-order valence-electron chi connectivity index (χ1n) is 2.86. The smallest absolute Gasteiger partial charge is 0.107 e. The van der Waals surface area contributed by atoms with Crippen molar-refractivity contribution in [3.8, 4) is 11.8 Å². The third-order valence-corrected chi connectivity index (χ3v) is 0.717. The van der Waals surface area contributed by atoms with E-state index in [0.717, 1.165) is 12.8 Å². The van der Waals surface area contributed by atoms with Crippen molar-refractivity contribution in [2.75, 3.05) is 13.7 Å². The monoisotopic (exact) mass is 112 g/mol. The third kappa shape index (κ3) is 5.52. The van der Waals surface area contributed by atoms with Crippen LogP contribution in [0.25, 0.3) is 0 Å². The molecule has 0 bridgehead atoms. The molecule has 0 aromatic heterocycles. The van der Waals surface area contributed by atoms with E-state index in [1.165, 1.54) is 0 Å². The molecule has 0 spiro atoms. The molecule has 0 unspecified atom stereocenters. The second-order valence-electron chi connectivity index (χ2n) is 1.54. The third-order valence-electron chi connectivity index (χ3n) is 0.717. The number of unbranched alkanes of at least 4 members (excludes halogenated alkanes) is 1. The Morgan fingerprint density at radius 3 is 2.62 bits per heavy atom. The fourth-order valence-electron chi connectivity index (χ4n) is 0.337. The average Bonchev–Trinajstić information content (AvgIpc) is 1.81. The molecule has 0 rings (SSSR count). The first-order chi connectivity index (χ1) is 3.91. The highest BCUT2D eigenvalue weighted by Crippen LogP contribution is 1.80. The van der Waals surface area contributed by atoms with Crippen molar-refractivity contribution in [3.05, 3.63) is 0 Å². The van der Waals surface area contributed by atoms with Crippen molar-refractivity contribution in [3.63, 3.8) is 0 Å². The van der Waals surface area contributed by atoms with Crippen LogP contribution in [-0.2, 0) is 4.74 Å². The Balaban J connectivity index is 2.95. The molecule has 0 heterocycles. The van der Waals surface area contributed by atoms with Crippen molar-refractivity contribution in [1.29, 1.82) is 0 Å². The van der Waals surface area contributed by atoms with Gasteiger partial charge in [-0.05, 0) is 6.42 Å².